The second kappa shape index (κ2) is 3.83. The summed E-state index contributed by atoms with van der Waals surface area (Å²) in [7, 11) is 0. The number of hydrogen-bond donors (Lipinski definition) is 1. The summed E-state index contributed by atoms with van der Waals surface area (Å²) in [5.41, 5.74) is 0. The fourth-order valence-corrected chi connectivity index (χ4v) is 1.40. The van der Waals surface area contributed by atoms with Crippen molar-refractivity contribution in [1.29, 1.82) is 0 Å². The van der Waals surface area contributed by atoms with Crippen LogP contribution in [0.15, 0.2) is 0 Å². The van der Waals surface area contributed by atoms with Crippen molar-refractivity contribution in [3.63, 3.8) is 0 Å². The molecule has 1 atom stereocenters. The molecule has 0 saturated carbocycles. The molecule has 0 radical (unpaired) electrons. The average molecular weight is 156 g/mol. The fraction of sp³-hybridized carbons (Fsp3) is 0.875. The minimum atomic E-state index is 0.263. The fourth-order valence-electron chi connectivity index (χ4n) is 1.40. The molecule has 0 bridgehead atoms. The number of rotatable bonds is 2. The van der Waals surface area contributed by atoms with Crippen molar-refractivity contribution in [2.75, 3.05) is 26.2 Å². The Bertz CT molecular complexity index is 147. The minimum absolute atomic E-state index is 0.263. The maximum Gasteiger partial charge on any atom is 0.143 e. The Morgan fingerprint density at radius 2 is 2.45 bits per heavy atom. The Labute approximate surface area is 67.8 Å². The molecule has 1 aliphatic heterocycles. The lowest BCUT2D eigenvalue weighted by molar-refractivity contribution is -0.118. The summed E-state index contributed by atoms with van der Waals surface area (Å²) in [6.07, 6.45) is 0. The Morgan fingerprint density at radius 3 is 3.00 bits per heavy atom. The van der Waals surface area contributed by atoms with Gasteiger partial charge in [0.25, 0.3) is 0 Å². The monoisotopic (exact) mass is 156 g/mol. The van der Waals surface area contributed by atoms with Gasteiger partial charge in [0, 0.05) is 25.7 Å². The molecule has 0 spiro atoms. The SMILES string of the molecule is CC(=O)CN1CCNC[C@@H]1C. The summed E-state index contributed by atoms with van der Waals surface area (Å²) >= 11 is 0. The quantitative estimate of drug-likeness (QED) is 0.604. The van der Waals surface area contributed by atoms with Crippen molar-refractivity contribution >= 4 is 5.78 Å². The van der Waals surface area contributed by atoms with Crippen molar-refractivity contribution in [2.24, 2.45) is 0 Å². The molecule has 1 fully saturated rings. The number of Topliss-reactive ketones (excluding diaryl/α,β-unsaturated/α-hetero) is 1. The first kappa shape index (κ1) is 8.68. The third-order valence-corrected chi connectivity index (χ3v) is 2.06. The van der Waals surface area contributed by atoms with Gasteiger partial charge in [-0.05, 0) is 13.8 Å². The number of ketones is 1. The van der Waals surface area contributed by atoms with Crippen LogP contribution in [0.2, 0.25) is 0 Å². The summed E-state index contributed by atoms with van der Waals surface area (Å²) in [6.45, 7) is 7.43. The van der Waals surface area contributed by atoms with Crippen molar-refractivity contribution in [3.8, 4) is 0 Å². The summed E-state index contributed by atoms with van der Waals surface area (Å²) in [6, 6.07) is 0.507. The van der Waals surface area contributed by atoms with Crippen LogP contribution in [0.3, 0.4) is 0 Å². The van der Waals surface area contributed by atoms with Crippen LogP contribution in [-0.4, -0.2) is 42.9 Å². The van der Waals surface area contributed by atoms with E-state index in [-0.39, 0.29) is 5.78 Å². The van der Waals surface area contributed by atoms with Crippen LogP contribution in [-0.2, 0) is 4.79 Å². The van der Waals surface area contributed by atoms with Gasteiger partial charge in [-0.3, -0.25) is 9.69 Å². The molecule has 1 heterocycles. The minimum Gasteiger partial charge on any atom is -0.314 e. The molecule has 0 amide bonds. The van der Waals surface area contributed by atoms with Crippen LogP contribution in [0.1, 0.15) is 13.8 Å². The largest absolute Gasteiger partial charge is 0.314 e. The predicted octanol–water partition coefficient (Wildman–Crippen LogP) is -0.131. The standard InChI is InChI=1S/C8H16N2O/c1-7-5-9-3-4-10(7)6-8(2)11/h7,9H,3-6H2,1-2H3/t7-/m0/s1. The molecule has 3 nitrogen and oxygen atoms in total. The molecule has 0 aliphatic carbocycles. The van der Waals surface area contributed by atoms with Gasteiger partial charge in [0.05, 0.1) is 6.54 Å². The molecule has 1 aliphatic rings. The van der Waals surface area contributed by atoms with Crippen molar-refractivity contribution in [1.82, 2.24) is 10.2 Å². The highest BCUT2D eigenvalue weighted by Crippen LogP contribution is 2.00. The van der Waals surface area contributed by atoms with Gasteiger partial charge in [-0.2, -0.15) is 0 Å². The van der Waals surface area contributed by atoms with Crippen LogP contribution < -0.4 is 5.32 Å². The van der Waals surface area contributed by atoms with Gasteiger partial charge in [-0.1, -0.05) is 0 Å². The predicted molar refractivity (Wildman–Crippen MR) is 44.6 cm³/mol. The van der Waals surface area contributed by atoms with Crippen LogP contribution in [0.4, 0.5) is 0 Å². The second-order valence-electron chi connectivity index (χ2n) is 3.23. The first-order valence-corrected chi connectivity index (χ1v) is 4.14. The zero-order chi connectivity index (χ0) is 8.27. The summed E-state index contributed by atoms with van der Waals surface area (Å²) < 4.78 is 0. The van der Waals surface area contributed by atoms with E-state index in [4.69, 9.17) is 0 Å². The number of hydrogen-bond acceptors (Lipinski definition) is 3. The number of nitrogens with zero attached hydrogens (tertiary/aromatic N) is 1. The third kappa shape index (κ3) is 2.60. The first-order chi connectivity index (χ1) is 5.20. The second-order valence-corrected chi connectivity index (χ2v) is 3.23. The van der Waals surface area contributed by atoms with E-state index >= 15 is 0 Å². The summed E-state index contributed by atoms with van der Waals surface area (Å²) in [4.78, 5) is 13.0. The van der Waals surface area contributed by atoms with Gasteiger partial charge in [0.1, 0.15) is 5.78 Å². The number of nitrogens with one attached hydrogen (secondary N) is 1. The van der Waals surface area contributed by atoms with E-state index in [1.807, 2.05) is 0 Å². The van der Waals surface area contributed by atoms with Crippen molar-refractivity contribution in [3.05, 3.63) is 0 Å². The van der Waals surface area contributed by atoms with E-state index in [0.717, 1.165) is 19.6 Å². The van der Waals surface area contributed by atoms with E-state index < -0.39 is 0 Å². The van der Waals surface area contributed by atoms with Crippen molar-refractivity contribution in [2.45, 2.75) is 19.9 Å². The highest BCUT2D eigenvalue weighted by atomic mass is 16.1. The first-order valence-electron chi connectivity index (χ1n) is 4.14. The van der Waals surface area contributed by atoms with Gasteiger partial charge >= 0.3 is 0 Å². The van der Waals surface area contributed by atoms with Gasteiger partial charge < -0.3 is 5.32 Å². The molecule has 0 aromatic rings. The molecule has 1 saturated heterocycles. The van der Waals surface area contributed by atoms with Gasteiger partial charge in [-0.25, -0.2) is 0 Å². The molecule has 0 aromatic carbocycles. The van der Waals surface area contributed by atoms with Crippen LogP contribution in [0, 0.1) is 0 Å². The Balaban J connectivity index is 2.35. The maximum absolute atomic E-state index is 10.8. The smallest absolute Gasteiger partial charge is 0.143 e. The number of carbonyl (C=O) groups excluding carboxylic acids is 1. The highest BCUT2D eigenvalue weighted by molar-refractivity contribution is 5.77. The Kier molecular flexibility index (Phi) is 3.02. The lowest BCUT2D eigenvalue weighted by Gasteiger charge is -2.32. The molecular weight excluding hydrogens is 140 g/mol. The highest BCUT2D eigenvalue weighted by Gasteiger charge is 2.18. The molecule has 0 aromatic heterocycles. The topological polar surface area (TPSA) is 32.3 Å². The summed E-state index contributed by atoms with van der Waals surface area (Å²) in [5, 5.41) is 3.28. The van der Waals surface area contributed by atoms with Crippen molar-refractivity contribution < 1.29 is 4.79 Å². The average Bonchev–Trinajstić information content (AvgIpc) is 1.93. The Hall–Kier alpha value is -0.410. The zero-order valence-electron chi connectivity index (χ0n) is 7.26. The van der Waals surface area contributed by atoms with E-state index in [1.165, 1.54) is 0 Å². The molecule has 1 rings (SSSR count). The maximum atomic E-state index is 10.8. The van der Waals surface area contributed by atoms with Gasteiger partial charge in [0.15, 0.2) is 0 Å². The van der Waals surface area contributed by atoms with Crippen LogP contribution >= 0.6 is 0 Å². The zero-order valence-corrected chi connectivity index (χ0v) is 7.26. The van der Waals surface area contributed by atoms with E-state index in [1.54, 1.807) is 6.92 Å². The van der Waals surface area contributed by atoms with Gasteiger partial charge in [-0.15, -0.1) is 0 Å². The normalized spacial score (nSPS) is 26.9. The number of piperazine rings is 1. The molecule has 3 heteroatoms. The lowest BCUT2D eigenvalue weighted by Crippen LogP contribution is -2.51. The van der Waals surface area contributed by atoms with Crippen LogP contribution in [0.5, 0.6) is 0 Å². The van der Waals surface area contributed by atoms with Crippen LogP contribution in [0.25, 0.3) is 0 Å². The number of carbonyl (C=O) groups is 1. The van der Waals surface area contributed by atoms with E-state index in [9.17, 15) is 4.79 Å². The van der Waals surface area contributed by atoms with E-state index in [2.05, 4.69) is 17.1 Å². The Morgan fingerprint density at radius 1 is 1.73 bits per heavy atom. The van der Waals surface area contributed by atoms with Gasteiger partial charge in [0.2, 0.25) is 0 Å². The van der Waals surface area contributed by atoms with E-state index in [0.29, 0.717) is 12.6 Å². The lowest BCUT2D eigenvalue weighted by atomic mass is 10.2. The third-order valence-electron chi connectivity index (χ3n) is 2.06. The molecular formula is C8H16N2O. The molecule has 64 valence electrons. The molecule has 1 N–H and O–H groups in total. The summed E-state index contributed by atoms with van der Waals surface area (Å²) in [5.74, 6) is 0.263. The molecule has 0 unspecified atom stereocenters. The molecule has 11 heavy (non-hydrogen) atoms.